The van der Waals surface area contributed by atoms with Gasteiger partial charge in [-0.2, -0.15) is 0 Å². The molecule has 0 saturated carbocycles. The number of hydrogen-bond acceptors (Lipinski definition) is 4. The summed E-state index contributed by atoms with van der Waals surface area (Å²) in [6.07, 6.45) is 3.24. The first-order valence-corrected chi connectivity index (χ1v) is 4.90. The van der Waals surface area contributed by atoms with Crippen molar-refractivity contribution in [3.63, 3.8) is 0 Å². The fourth-order valence-electron chi connectivity index (χ4n) is 0.956. The molecule has 0 radical (unpaired) electrons. The first kappa shape index (κ1) is 8.83. The van der Waals surface area contributed by atoms with E-state index < -0.39 is 0 Å². The van der Waals surface area contributed by atoms with Crippen LogP contribution in [0.1, 0.15) is 10.5 Å². The average molecular weight is 205 g/mol. The molecule has 0 saturated heterocycles. The summed E-state index contributed by atoms with van der Waals surface area (Å²) >= 11 is 1.39. The summed E-state index contributed by atoms with van der Waals surface area (Å²) in [4.78, 5) is 19.3. The first-order chi connectivity index (χ1) is 6.86. The highest BCUT2D eigenvalue weighted by atomic mass is 32.1. The van der Waals surface area contributed by atoms with Gasteiger partial charge in [-0.1, -0.05) is 0 Å². The Balaban J connectivity index is 2.10. The van der Waals surface area contributed by atoms with Crippen molar-refractivity contribution in [1.29, 1.82) is 0 Å². The molecule has 0 fully saturated rings. The lowest BCUT2D eigenvalue weighted by atomic mass is 10.4. The van der Waals surface area contributed by atoms with E-state index >= 15 is 0 Å². The molecule has 0 unspecified atom stereocenters. The van der Waals surface area contributed by atoms with Gasteiger partial charge < -0.3 is 5.32 Å². The van der Waals surface area contributed by atoms with Crippen molar-refractivity contribution >= 4 is 22.9 Å². The molecule has 0 aliphatic carbocycles. The van der Waals surface area contributed by atoms with Crippen molar-refractivity contribution in [1.82, 2.24) is 9.97 Å². The second-order valence-electron chi connectivity index (χ2n) is 2.57. The van der Waals surface area contributed by atoms with Crippen molar-refractivity contribution in [2.45, 2.75) is 0 Å². The van der Waals surface area contributed by atoms with Crippen LogP contribution < -0.4 is 5.32 Å². The maximum atomic E-state index is 11.5. The van der Waals surface area contributed by atoms with Gasteiger partial charge in [-0.05, 0) is 12.1 Å². The Bertz CT molecular complexity index is 413. The van der Waals surface area contributed by atoms with Gasteiger partial charge in [0.2, 0.25) is 0 Å². The van der Waals surface area contributed by atoms with Crippen molar-refractivity contribution in [3.8, 4) is 0 Å². The Kier molecular flexibility index (Phi) is 2.51. The minimum Gasteiger partial charge on any atom is -0.319 e. The molecule has 14 heavy (non-hydrogen) atoms. The van der Waals surface area contributed by atoms with E-state index in [0.29, 0.717) is 11.4 Å². The third-order valence-corrected chi connectivity index (χ3v) is 2.17. The third-order valence-electron chi connectivity index (χ3n) is 1.58. The normalized spacial score (nSPS) is 9.71. The van der Waals surface area contributed by atoms with Crippen LogP contribution in [0.15, 0.2) is 35.4 Å². The van der Waals surface area contributed by atoms with Crippen LogP contribution in [0.2, 0.25) is 0 Å². The zero-order valence-corrected chi connectivity index (χ0v) is 7.99. The maximum absolute atomic E-state index is 11.5. The monoisotopic (exact) mass is 205 g/mol. The first-order valence-electron chi connectivity index (χ1n) is 3.96. The van der Waals surface area contributed by atoms with Crippen molar-refractivity contribution < 1.29 is 4.79 Å². The Labute approximate surface area is 84.6 Å². The van der Waals surface area contributed by atoms with Gasteiger partial charge in [0.05, 0.1) is 17.4 Å². The second kappa shape index (κ2) is 3.97. The van der Waals surface area contributed by atoms with Gasteiger partial charge in [-0.3, -0.25) is 9.78 Å². The van der Waals surface area contributed by atoms with Crippen molar-refractivity contribution in [3.05, 3.63) is 41.1 Å². The molecule has 5 heteroatoms. The summed E-state index contributed by atoms with van der Waals surface area (Å²) in [5.41, 5.74) is 2.72. The fraction of sp³-hybridized carbons (Fsp3) is 0. The van der Waals surface area contributed by atoms with Crippen molar-refractivity contribution in [2.24, 2.45) is 0 Å². The molecule has 0 atom stereocenters. The lowest BCUT2D eigenvalue weighted by Crippen LogP contribution is -2.11. The van der Waals surface area contributed by atoms with Crippen LogP contribution in [0, 0.1) is 0 Å². The van der Waals surface area contributed by atoms with E-state index in [-0.39, 0.29) is 5.91 Å². The van der Waals surface area contributed by atoms with Gasteiger partial charge in [-0.15, -0.1) is 11.3 Å². The highest BCUT2D eigenvalue weighted by molar-refractivity contribution is 7.07. The number of carbonyl (C=O) groups is 1. The molecule has 0 aromatic carbocycles. The molecule has 1 amide bonds. The third kappa shape index (κ3) is 1.94. The highest BCUT2D eigenvalue weighted by Crippen LogP contribution is 2.07. The van der Waals surface area contributed by atoms with Crippen LogP contribution in [0.25, 0.3) is 0 Å². The lowest BCUT2D eigenvalue weighted by molar-refractivity contribution is 0.102. The Morgan fingerprint density at radius 1 is 1.50 bits per heavy atom. The molecular formula is C9H7N3OS. The van der Waals surface area contributed by atoms with Crippen LogP contribution in [0.5, 0.6) is 0 Å². The Morgan fingerprint density at radius 3 is 3.07 bits per heavy atom. The Hall–Kier alpha value is -1.75. The van der Waals surface area contributed by atoms with Crippen LogP contribution in [0.3, 0.4) is 0 Å². The van der Waals surface area contributed by atoms with Gasteiger partial charge in [0.25, 0.3) is 5.91 Å². The topological polar surface area (TPSA) is 54.9 Å². The molecule has 4 nitrogen and oxygen atoms in total. The van der Waals surface area contributed by atoms with E-state index in [9.17, 15) is 4.79 Å². The number of nitrogens with one attached hydrogen (secondary N) is 1. The number of nitrogens with zero attached hydrogens (tertiary/aromatic N) is 2. The number of carbonyl (C=O) groups excluding carboxylic acids is 1. The maximum Gasteiger partial charge on any atom is 0.275 e. The zero-order valence-electron chi connectivity index (χ0n) is 7.18. The van der Waals surface area contributed by atoms with Crippen molar-refractivity contribution in [2.75, 3.05) is 5.32 Å². The summed E-state index contributed by atoms with van der Waals surface area (Å²) in [5, 5.41) is 4.39. The van der Waals surface area contributed by atoms with E-state index in [0.717, 1.165) is 0 Å². The number of pyridine rings is 1. The van der Waals surface area contributed by atoms with Crippen LogP contribution in [-0.4, -0.2) is 15.9 Å². The SMILES string of the molecule is O=C(Nc1cccnc1)c1cscn1. The van der Waals surface area contributed by atoms with Crippen LogP contribution >= 0.6 is 11.3 Å². The molecule has 2 rings (SSSR count). The predicted octanol–water partition coefficient (Wildman–Crippen LogP) is 1.79. The number of aromatic nitrogens is 2. The van der Waals surface area contributed by atoms with Gasteiger partial charge in [-0.25, -0.2) is 4.98 Å². The molecule has 2 aromatic rings. The van der Waals surface area contributed by atoms with Gasteiger partial charge in [0.1, 0.15) is 5.69 Å². The summed E-state index contributed by atoms with van der Waals surface area (Å²) in [5.74, 6) is -0.209. The molecule has 2 heterocycles. The van der Waals surface area contributed by atoms with E-state index in [1.165, 1.54) is 11.3 Å². The quantitative estimate of drug-likeness (QED) is 0.813. The summed E-state index contributed by atoms with van der Waals surface area (Å²) in [7, 11) is 0. The largest absolute Gasteiger partial charge is 0.319 e. The van der Waals surface area contributed by atoms with E-state index in [2.05, 4.69) is 15.3 Å². The number of rotatable bonds is 2. The van der Waals surface area contributed by atoms with E-state index in [4.69, 9.17) is 0 Å². The predicted molar refractivity (Wildman–Crippen MR) is 54.3 cm³/mol. The number of thiazole rings is 1. The van der Waals surface area contributed by atoms with Gasteiger partial charge >= 0.3 is 0 Å². The molecule has 0 aliphatic rings. The highest BCUT2D eigenvalue weighted by Gasteiger charge is 2.06. The number of hydrogen-bond donors (Lipinski definition) is 1. The van der Waals surface area contributed by atoms with E-state index in [1.807, 2.05) is 0 Å². The minimum atomic E-state index is -0.209. The van der Waals surface area contributed by atoms with Gasteiger partial charge in [0.15, 0.2) is 0 Å². The van der Waals surface area contributed by atoms with E-state index in [1.54, 1.807) is 35.4 Å². The smallest absolute Gasteiger partial charge is 0.275 e. The standard InChI is InChI=1S/C9H7N3OS/c13-9(8-5-14-6-11-8)12-7-2-1-3-10-4-7/h1-6H,(H,12,13). The molecule has 70 valence electrons. The summed E-state index contributed by atoms with van der Waals surface area (Å²) in [6.45, 7) is 0. The second-order valence-corrected chi connectivity index (χ2v) is 3.29. The lowest BCUT2D eigenvalue weighted by Gasteiger charge is -2.00. The van der Waals surface area contributed by atoms with Gasteiger partial charge in [0, 0.05) is 11.6 Å². The molecule has 2 aromatic heterocycles. The molecule has 0 aliphatic heterocycles. The fourth-order valence-corrected chi connectivity index (χ4v) is 1.49. The van der Waals surface area contributed by atoms with Crippen LogP contribution in [0.4, 0.5) is 5.69 Å². The molecule has 0 bridgehead atoms. The Morgan fingerprint density at radius 2 is 2.43 bits per heavy atom. The average Bonchev–Trinajstić information content (AvgIpc) is 2.72. The summed E-state index contributed by atoms with van der Waals surface area (Å²) < 4.78 is 0. The number of amides is 1. The van der Waals surface area contributed by atoms with Crippen LogP contribution in [-0.2, 0) is 0 Å². The molecule has 1 N–H and O–H groups in total. The molecular weight excluding hydrogens is 198 g/mol. The summed E-state index contributed by atoms with van der Waals surface area (Å²) in [6, 6.07) is 3.54. The molecule has 0 spiro atoms. The zero-order chi connectivity index (χ0) is 9.80. The minimum absolute atomic E-state index is 0.209. The number of anilines is 1.